The van der Waals surface area contributed by atoms with Gasteiger partial charge in [-0.15, -0.1) is 0 Å². The lowest BCUT2D eigenvalue weighted by atomic mass is 10.1. The van der Waals surface area contributed by atoms with Crippen molar-refractivity contribution in [3.05, 3.63) is 29.3 Å². The van der Waals surface area contributed by atoms with E-state index in [2.05, 4.69) is 29.4 Å². The van der Waals surface area contributed by atoms with Crippen molar-refractivity contribution >= 4 is 5.69 Å². The van der Waals surface area contributed by atoms with E-state index in [9.17, 15) is 0 Å². The monoisotopic (exact) mass is 231 g/mol. The fourth-order valence-corrected chi connectivity index (χ4v) is 3.17. The van der Waals surface area contributed by atoms with Gasteiger partial charge >= 0.3 is 0 Å². The van der Waals surface area contributed by atoms with Crippen molar-refractivity contribution in [2.45, 2.75) is 31.3 Å². The number of aryl methyl sites for hydroxylation is 1. The highest BCUT2D eigenvalue weighted by molar-refractivity contribution is 5.47. The standard InChI is InChI=1S/C14H21N3/c1-17-7-6-12(9-17)16-14-5-2-10-8-11(15)3-4-13(10)14/h3-4,8,12,14,16H,2,5-7,9,15H2,1H3. The number of hydrogen-bond donors (Lipinski definition) is 2. The van der Waals surface area contributed by atoms with E-state index in [0.717, 1.165) is 5.69 Å². The summed E-state index contributed by atoms with van der Waals surface area (Å²) in [5.41, 5.74) is 9.63. The molecule has 1 aliphatic heterocycles. The van der Waals surface area contributed by atoms with Crippen LogP contribution in [-0.2, 0) is 6.42 Å². The Morgan fingerprint density at radius 1 is 1.35 bits per heavy atom. The molecule has 92 valence electrons. The van der Waals surface area contributed by atoms with Crippen LogP contribution in [0.1, 0.15) is 30.0 Å². The first-order valence-corrected chi connectivity index (χ1v) is 6.55. The smallest absolute Gasteiger partial charge is 0.0329 e. The Morgan fingerprint density at radius 3 is 3.00 bits per heavy atom. The van der Waals surface area contributed by atoms with Crippen molar-refractivity contribution in [3.8, 4) is 0 Å². The van der Waals surface area contributed by atoms with Crippen LogP contribution < -0.4 is 11.1 Å². The van der Waals surface area contributed by atoms with Crippen LogP contribution in [0.4, 0.5) is 5.69 Å². The lowest BCUT2D eigenvalue weighted by molar-refractivity contribution is 0.381. The lowest BCUT2D eigenvalue weighted by Crippen LogP contribution is -2.33. The molecule has 2 aliphatic rings. The van der Waals surface area contributed by atoms with Crippen LogP contribution in [0.15, 0.2) is 18.2 Å². The third-order valence-electron chi connectivity index (χ3n) is 4.07. The summed E-state index contributed by atoms with van der Waals surface area (Å²) in [7, 11) is 2.20. The van der Waals surface area contributed by atoms with Gasteiger partial charge in [0.1, 0.15) is 0 Å². The highest BCUT2D eigenvalue weighted by Gasteiger charge is 2.27. The zero-order valence-corrected chi connectivity index (χ0v) is 10.4. The van der Waals surface area contributed by atoms with Gasteiger partial charge in [-0.3, -0.25) is 0 Å². The van der Waals surface area contributed by atoms with Crippen LogP contribution in [-0.4, -0.2) is 31.1 Å². The van der Waals surface area contributed by atoms with Gasteiger partial charge in [-0.05, 0) is 56.1 Å². The Morgan fingerprint density at radius 2 is 2.24 bits per heavy atom. The van der Waals surface area contributed by atoms with Crippen molar-refractivity contribution in [2.24, 2.45) is 0 Å². The van der Waals surface area contributed by atoms with Crippen LogP contribution in [0.3, 0.4) is 0 Å². The molecule has 1 fully saturated rings. The van der Waals surface area contributed by atoms with Gasteiger partial charge in [-0.2, -0.15) is 0 Å². The fraction of sp³-hybridized carbons (Fsp3) is 0.571. The maximum Gasteiger partial charge on any atom is 0.0329 e. The minimum absolute atomic E-state index is 0.544. The number of rotatable bonds is 2. The molecule has 3 N–H and O–H groups in total. The first-order valence-electron chi connectivity index (χ1n) is 6.55. The molecular weight excluding hydrogens is 210 g/mol. The number of nitrogens with one attached hydrogen (secondary N) is 1. The molecule has 1 aliphatic carbocycles. The van der Waals surface area contributed by atoms with Crippen LogP contribution in [0.2, 0.25) is 0 Å². The first-order chi connectivity index (χ1) is 8.22. The average Bonchev–Trinajstić information content (AvgIpc) is 2.86. The van der Waals surface area contributed by atoms with Crippen molar-refractivity contribution < 1.29 is 0 Å². The van der Waals surface area contributed by atoms with Gasteiger partial charge in [0.25, 0.3) is 0 Å². The third kappa shape index (κ3) is 2.17. The number of nitrogens with zero attached hydrogens (tertiary/aromatic N) is 1. The molecule has 1 aromatic carbocycles. The summed E-state index contributed by atoms with van der Waals surface area (Å²) < 4.78 is 0. The average molecular weight is 231 g/mol. The molecule has 0 bridgehead atoms. The minimum atomic E-state index is 0.544. The van der Waals surface area contributed by atoms with E-state index >= 15 is 0 Å². The van der Waals surface area contributed by atoms with Crippen molar-refractivity contribution in [2.75, 3.05) is 25.9 Å². The molecule has 3 heteroatoms. The van der Waals surface area contributed by atoms with Gasteiger partial charge in [0.15, 0.2) is 0 Å². The number of nitrogen functional groups attached to an aromatic ring is 1. The van der Waals surface area contributed by atoms with E-state index in [1.807, 2.05) is 6.07 Å². The molecule has 1 saturated heterocycles. The van der Waals surface area contributed by atoms with E-state index in [0.29, 0.717) is 12.1 Å². The van der Waals surface area contributed by atoms with Gasteiger partial charge in [-0.25, -0.2) is 0 Å². The predicted octanol–water partition coefficient (Wildman–Crippen LogP) is 1.55. The summed E-state index contributed by atoms with van der Waals surface area (Å²) in [6, 6.07) is 7.57. The molecule has 0 amide bonds. The van der Waals surface area contributed by atoms with Crippen molar-refractivity contribution in [1.82, 2.24) is 10.2 Å². The van der Waals surface area contributed by atoms with Gasteiger partial charge in [-0.1, -0.05) is 6.07 Å². The molecule has 17 heavy (non-hydrogen) atoms. The Balaban J connectivity index is 1.71. The van der Waals surface area contributed by atoms with E-state index in [-0.39, 0.29) is 0 Å². The highest BCUT2D eigenvalue weighted by Crippen LogP contribution is 2.33. The number of hydrogen-bond acceptors (Lipinski definition) is 3. The van der Waals surface area contributed by atoms with Crippen molar-refractivity contribution in [3.63, 3.8) is 0 Å². The second-order valence-corrected chi connectivity index (χ2v) is 5.46. The molecule has 1 aromatic rings. The Bertz CT molecular complexity index is 416. The quantitative estimate of drug-likeness (QED) is 0.759. The second kappa shape index (κ2) is 4.31. The SMILES string of the molecule is CN1CCC(NC2CCc3cc(N)ccc32)C1. The van der Waals surface area contributed by atoms with Gasteiger partial charge < -0.3 is 16.0 Å². The van der Waals surface area contributed by atoms with E-state index in [4.69, 9.17) is 5.73 Å². The van der Waals surface area contributed by atoms with Crippen LogP contribution in [0, 0.1) is 0 Å². The predicted molar refractivity (Wildman–Crippen MR) is 71.0 cm³/mol. The number of anilines is 1. The Kier molecular flexibility index (Phi) is 2.81. The summed E-state index contributed by atoms with van der Waals surface area (Å²) in [4.78, 5) is 2.40. The van der Waals surface area contributed by atoms with Crippen LogP contribution in [0.5, 0.6) is 0 Å². The molecule has 3 rings (SSSR count). The van der Waals surface area contributed by atoms with E-state index in [1.54, 1.807) is 0 Å². The molecule has 0 spiro atoms. The van der Waals surface area contributed by atoms with Gasteiger partial charge in [0.05, 0.1) is 0 Å². The normalized spacial score (nSPS) is 28.5. The maximum atomic E-state index is 5.83. The van der Waals surface area contributed by atoms with Crippen LogP contribution >= 0.6 is 0 Å². The zero-order valence-electron chi connectivity index (χ0n) is 10.4. The number of fused-ring (bicyclic) bond motifs is 1. The van der Waals surface area contributed by atoms with Gasteiger partial charge in [0, 0.05) is 24.3 Å². The molecule has 0 saturated carbocycles. The third-order valence-corrected chi connectivity index (χ3v) is 4.07. The first kappa shape index (κ1) is 11.1. The zero-order chi connectivity index (χ0) is 11.8. The summed E-state index contributed by atoms with van der Waals surface area (Å²) >= 11 is 0. The lowest BCUT2D eigenvalue weighted by Gasteiger charge is -2.19. The largest absolute Gasteiger partial charge is 0.399 e. The summed E-state index contributed by atoms with van der Waals surface area (Å²) in [5.74, 6) is 0. The topological polar surface area (TPSA) is 41.3 Å². The van der Waals surface area contributed by atoms with Gasteiger partial charge in [0.2, 0.25) is 0 Å². The van der Waals surface area contributed by atoms with Crippen LogP contribution in [0.25, 0.3) is 0 Å². The van der Waals surface area contributed by atoms with E-state index in [1.165, 1.54) is 43.5 Å². The fourth-order valence-electron chi connectivity index (χ4n) is 3.17. The van der Waals surface area contributed by atoms with Crippen molar-refractivity contribution in [1.29, 1.82) is 0 Å². The summed E-state index contributed by atoms with van der Waals surface area (Å²) in [6.45, 7) is 2.40. The Labute approximate surface area is 103 Å². The molecule has 1 heterocycles. The number of likely N-dealkylation sites (tertiary alicyclic amines) is 1. The Hall–Kier alpha value is -1.06. The van der Waals surface area contributed by atoms with E-state index < -0.39 is 0 Å². The number of likely N-dealkylation sites (N-methyl/N-ethyl adjacent to an activating group) is 1. The highest BCUT2D eigenvalue weighted by atomic mass is 15.2. The molecule has 3 nitrogen and oxygen atoms in total. The number of benzene rings is 1. The molecule has 0 radical (unpaired) electrons. The molecule has 0 aromatic heterocycles. The summed E-state index contributed by atoms with van der Waals surface area (Å²) in [6.07, 6.45) is 3.66. The second-order valence-electron chi connectivity index (χ2n) is 5.46. The minimum Gasteiger partial charge on any atom is -0.399 e. The molecular formula is C14H21N3. The summed E-state index contributed by atoms with van der Waals surface area (Å²) in [5, 5.41) is 3.80. The molecule has 2 atom stereocenters. The maximum absolute atomic E-state index is 5.83. The number of nitrogens with two attached hydrogens (primary N) is 1. The molecule has 2 unspecified atom stereocenters.